The van der Waals surface area contributed by atoms with E-state index in [9.17, 15) is 0 Å². The van der Waals surface area contributed by atoms with Crippen molar-refractivity contribution in [3.63, 3.8) is 0 Å². The van der Waals surface area contributed by atoms with Gasteiger partial charge in [-0.15, -0.1) is 0 Å². The molecular weight excluding hydrogens is 583 g/mol. The minimum Gasteiger partial charge on any atom is -0.455 e. The Morgan fingerprint density at radius 1 is 0.354 bits per heavy atom. The van der Waals surface area contributed by atoms with Gasteiger partial charge in [0.05, 0.1) is 5.69 Å². The monoisotopic (exact) mass is 613 g/mol. The summed E-state index contributed by atoms with van der Waals surface area (Å²) in [5.41, 5.74) is 12.0. The quantitative estimate of drug-likeness (QED) is 0.185. The van der Waals surface area contributed by atoms with Crippen molar-refractivity contribution in [3.05, 3.63) is 188 Å². The maximum absolute atomic E-state index is 6.39. The summed E-state index contributed by atoms with van der Waals surface area (Å²) >= 11 is 0. The fourth-order valence-electron chi connectivity index (χ4n) is 6.90. The highest BCUT2D eigenvalue weighted by Crippen LogP contribution is 2.44. The van der Waals surface area contributed by atoms with Gasteiger partial charge >= 0.3 is 0 Å². The van der Waals surface area contributed by atoms with E-state index in [1.165, 1.54) is 33.0 Å². The number of benzene rings is 8. The van der Waals surface area contributed by atoms with Crippen molar-refractivity contribution in [2.45, 2.75) is 0 Å². The number of rotatable bonds is 6. The lowest BCUT2D eigenvalue weighted by molar-refractivity contribution is 0.670. The fraction of sp³-hybridized carbons (Fsp3) is 0. The topological polar surface area (TPSA) is 16.4 Å². The summed E-state index contributed by atoms with van der Waals surface area (Å²) in [5.74, 6) is 0. The van der Waals surface area contributed by atoms with Gasteiger partial charge < -0.3 is 9.32 Å². The molecule has 0 unspecified atom stereocenters. The molecule has 226 valence electrons. The van der Waals surface area contributed by atoms with E-state index in [0.717, 1.165) is 50.1 Å². The average molecular weight is 614 g/mol. The van der Waals surface area contributed by atoms with Gasteiger partial charge in [0.2, 0.25) is 0 Å². The van der Waals surface area contributed by atoms with Crippen LogP contribution in [0.2, 0.25) is 0 Å². The zero-order chi connectivity index (χ0) is 31.9. The number of para-hydroxylation sites is 3. The van der Waals surface area contributed by atoms with Crippen molar-refractivity contribution in [3.8, 4) is 33.4 Å². The van der Waals surface area contributed by atoms with Crippen molar-refractivity contribution in [1.29, 1.82) is 0 Å². The zero-order valence-electron chi connectivity index (χ0n) is 26.3. The average Bonchev–Trinajstić information content (AvgIpc) is 3.55. The molecule has 9 rings (SSSR count). The molecule has 0 fully saturated rings. The van der Waals surface area contributed by atoms with Crippen LogP contribution in [0.3, 0.4) is 0 Å². The summed E-state index contributed by atoms with van der Waals surface area (Å²) in [4.78, 5) is 2.37. The van der Waals surface area contributed by atoms with Gasteiger partial charge in [-0.25, -0.2) is 0 Å². The first-order valence-electron chi connectivity index (χ1n) is 16.3. The molecule has 2 heteroatoms. The Labute approximate surface area is 279 Å². The van der Waals surface area contributed by atoms with Crippen molar-refractivity contribution in [1.82, 2.24) is 0 Å². The molecule has 0 saturated heterocycles. The second-order valence-corrected chi connectivity index (χ2v) is 12.2. The molecular formula is C46H31NO. The Morgan fingerprint density at radius 3 is 1.79 bits per heavy atom. The highest BCUT2D eigenvalue weighted by atomic mass is 16.3. The van der Waals surface area contributed by atoms with Crippen molar-refractivity contribution in [2.75, 3.05) is 4.90 Å². The van der Waals surface area contributed by atoms with Crippen LogP contribution >= 0.6 is 0 Å². The van der Waals surface area contributed by atoms with E-state index < -0.39 is 0 Å². The maximum Gasteiger partial charge on any atom is 0.143 e. The van der Waals surface area contributed by atoms with E-state index >= 15 is 0 Å². The van der Waals surface area contributed by atoms with Gasteiger partial charge in [0.15, 0.2) is 0 Å². The highest BCUT2D eigenvalue weighted by molar-refractivity contribution is 6.09. The number of nitrogens with zero attached hydrogens (tertiary/aromatic N) is 1. The number of fused-ring (bicyclic) bond motifs is 4. The highest BCUT2D eigenvalue weighted by Gasteiger charge is 2.19. The normalized spacial score (nSPS) is 11.3. The van der Waals surface area contributed by atoms with Crippen LogP contribution in [0.5, 0.6) is 0 Å². The summed E-state index contributed by atoms with van der Waals surface area (Å²) in [6, 6.07) is 67.0. The molecule has 2 nitrogen and oxygen atoms in total. The van der Waals surface area contributed by atoms with Crippen LogP contribution in [-0.4, -0.2) is 0 Å². The van der Waals surface area contributed by atoms with E-state index in [1.807, 2.05) is 12.1 Å². The maximum atomic E-state index is 6.39. The van der Waals surface area contributed by atoms with Gasteiger partial charge in [0, 0.05) is 33.3 Å². The molecule has 0 aliphatic heterocycles. The zero-order valence-corrected chi connectivity index (χ0v) is 26.3. The summed E-state index contributed by atoms with van der Waals surface area (Å²) in [7, 11) is 0. The standard InChI is InChI=1S/C46H31NO/c1-3-13-33(14-4-1)40-29-26-37(36-23-22-32-12-7-8-15-35(32)30-36)31-44(40)47(38-16-5-2-6-17-38)39-27-24-34(25-28-39)41-19-11-20-43-42-18-9-10-21-45(42)48-46(41)43/h1-31H. The van der Waals surface area contributed by atoms with Crippen LogP contribution in [0.4, 0.5) is 17.1 Å². The van der Waals surface area contributed by atoms with Crippen molar-refractivity contribution < 1.29 is 4.42 Å². The summed E-state index contributed by atoms with van der Waals surface area (Å²) in [6.45, 7) is 0. The molecule has 1 heterocycles. The lowest BCUT2D eigenvalue weighted by atomic mass is 9.95. The number of anilines is 3. The molecule has 9 aromatic rings. The van der Waals surface area contributed by atoms with Gasteiger partial charge in [0.25, 0.3) is 0 Å². The van der Waals surface area contributed by atoms with Crippen molar-refractivity contribution >= 4 is 49.8 Å². The summed E-state index contributed by atoms with van der Waals surface area (Å²) < 4.78 is 6.39. The first-order valence-corrected chi connectivity index (χ1v) is 16.3. The smallest absolute Gasteiger partial charge is 0.143 e. The minimum atomic E-state index is 0.909. The Hall–Kier alpha value is -6.38. The lowest BCUT2D eigenvalue weighted by Gasteiger charge is -2.29. The second-order valence-electron chi connectivity index (χ2n) is 12.2. The van der Waals surface area contributed by atoms with E-state index in [-0.39, 0.29) is 0 Å². The Morgan fingerprint density at radius 2 is 0.958 bits per heavy atom. The molecule has 0 saturated carbocycles. The van der Waals surface area contributed by atoms with Gasteiger partial charge in [-0.1, -0.05) is 146 Å². The lowest BCUT2D eigenvalue weighted by Crippen LogP contribution is -2.11. The van der Waals surface area contributed by atoms with Crippen LogP contribution in [0.15, 0.2) is 192 Å². The molecule has 1 aromatic heterocycles. The van der Waals surface area contributed by atoms with Crippen molar-refractivity contribution in [2.24, 2.45) is 0 Å². The minimum absolute atomic E-state index is 0.909. The molecule has 0 N–H and O–H groups in total. The molecule has 0 aliphatic carbocycles. The molecule has 8 aromatic carbocycles. The van der Waals surface area contributed by atoms with Gasteiger partial charge in [-0.05, 0) is 75.5 Å². The van der Waals surface area contributed by atoms with Gasteiger partial charge in [-0.3, -0.25) is 0 Å². The van der Waals surface area contributed by atoms with E-state index in [2.05, 4.69) is 181 Å². The van der Waals surface area contributed by atoms with Gasteiger partial charge in [-0.2, -0.15) is 0 Å². The summed E-state index contributed by atoms with van der Waals surface area (Å²) in [5, 5.41) is 4.75. The molecule has 0 radical (unpaired) electrons. The van der Waals surface area contributed by atoms with Crippen LogP contribution in [0, 0.1) is 0 Å². The Kier molecular flexibility index (Phi) is 6.84. The molecule has 0 atom stereocenters. The van der Waals surface area contributed by atoms with E-state index in [4.69, 9.17) is 4.42 Å². The molecule has 48 heavy (non-hydrogen) atoms. The number of furan rings is 1. The van der Waals surface area contributed by atoms with E-state index in [0.29, 0.717) is 0 Å². The van der Waals surface area contributed by atoms with Crippen LogP contribution in [0.1, 0.15) is 0 Å². The molecule has 0 bridgehead atoms. The van der Waals surface area contributed by atoms with Crippen LogP contribution in [0.25, 0.3) is 66.1 Å². The molecule has 0 spiro atoms. The SMILES string of the molecule is c1ccc(-c2ccc(-c3ccc4ccccc4c3)cc2N(c2ccccc2)c2ccc(-c3cccc4c3oc3ccccc34)cc2)cc1. The van der Waals surface area contributed by atoms with E-state index in [1.54, 1.807) is 0 Å². The molecule has 0 aliphatic rings. The Bertz CT molecular complexity index is 2550. The Balaban J connectivity index is 1.21. The summed E-state index contributed by atoms with van der Waals surface area (Å²) in [6.07, 6.45) is 0. The van der Waals surface area contributed by atoms with Crippen LogP contribution in [-0.2, 0) is 0 Å². The predicted molar refractivity (Wildman–Crippen MR) is 202 cm³/mol. The predicted octanol–water partition coefficient (Wildman–Crippen LogP) is 13.2. The fourth-order valence-corrected chi connectivity index (χ4v) is 6.90. The third-order valence-corrected chi connectivity index (χ3v) is 9.26. The first kappa shape index (κ1) is 27.9. The van der Waals surface area contributed by atoms with Gasteiger partial charge in [0.1, 0.15) is 11.2 Å². The van der Waals surface area contributed by atoms with Crippen LogP contribution < -0.4 is 4.90 Å². The number of hydrogen-bond acceptors (Lipinski definition) is 2. The number of hydrogen-bond donors (Lipinski definition) is 0. The first-order chi connectivity index (χ1) is 23.8. The third-order valence-electron chi connectivity index (χ3n) is 9.26. The third kappa shape index (κ3) is 4.92. The molecule has 0 amide bonds. The largest absolute Gasteiger partial charge is 0.455 e. The second kappa shape index (κ2) is 11.8.